The van der Waals surface area contributed by atoms with Crippen molar-refractivity contribution < 1.29 is 4.79 Å². The number of benzene rings is 1. The van der Waals surface area contributed by atoms with E-state index in [1.807, 2.05) is 41.3 Å². The molecule has 0 N–H and O–H groups in total. The lowest BCUT2D eigenvalue weighted by molar-refractivity contribution is -0.117. The lowest BCUT2D eigenvalue weighted by Gasteiger charge is -2.14. The van der Waals surface area contributed by atoms with Gasteiger partial charge in [-0.1, -0.05) is 46.3 Å². The summed E-state index contributed by atoms with van der Waals surface area (Å²) in [5.74, 6) is 0.190. The van der Waals surface area contributed by atoms with Gasteiger partial charge in [-0.3, -0.25) is 4.79 Å². The Hall–Kier alpha value is -1.09. The van der Waals surface area contributed by atoms with Crippen molar-refractivity contribution in [1.29, 1.82) is 0 Å². The molecule has 1 aromatic rings. The van der Waals surface area contributed by atoms with Gasteiger partial charge in [-0.2, -0.15) is 0 Å². The molecule has 0 saturated heterocycles. The number of carbonyl (C=O) groups is 1. The summed E-state index contributed by atoms with van der Waals surface area (Å²) in [5, 5.41) is 0.830. The highest BCUT2D eigenvalue weighted by molar-refractivity contribution is 9.09. The number of para-hydroxylation sites is 1. The van der Waals surface area contributed by atoms with Crippen LogP contribution in [0.2, 0.25) is 0 Å². The van der Waals surface area contributed by atoms with E-state index in [0.29, 0.717) is 13.0 Å². The van der Waals surface area contributed by atoms with Crippen molar-refractivity contribution in [2.24, 2.45) is 0 Å². The Bertz CT molecular complexity index is 400. The quantitative estimate of drug-likeness (QED) is 0.608. The van der Waals surface area contributed by atoms with Crippen molar-refractivity contribution >= 4 is 27.5 Å². The maximum Gasteiger partial charge on any atom is 0.231 e. The number of alkyl halides is 1. The van der Waals surface area contributed by atoms with Crippen molar-refractivity contribution in [3.63, 3.8) is 0 Å². The van der Waals surface area contributed by atoms with Crippen LogP contribution in [0.3, 0.4) is 0 Å². The molecule has 3 heteroatoms. The van der Waals surface area contributed by atoms with Gasteiger partial charge in [-0.05, 0) is 11.6 Å². The molecule has 0 bridgehead atoms. The zero-order valence-corrected chi connectivity index (χ0v) is 9.90. The van der Waals surface area contributed by atoms with Gasteiger partial charge in [-0.15, -0.1) is 0 Å². The third kappa shape index (κ3) is 2.12. The minimum atomic E-state index is 0.190. The van der Waals surface area contributed by atoms with E-state index in [-0.39, 0.29) is 5.91 Å². The van der Waals surface area contributed by atoms with Crippen LogP contribution in [0.5, 0.6) is 0 Å². The summed E-state index contributed by atoms with van der Waals surface area (Å²) < 4.78 is 0. The minimum Gasteiger partial charge on any atom is -0.308 e. The molecule has 0 saturated carbocycles. The number of anilines is 1. The second kappa shape index (κ2) is 4.62. The van der Waals surface area contributed by atoms with Crippen molar-refractivity contribution in [1.82, 2.24) is 0 Å². The average molecular weight is 266 g/mol. The number of amides is 1. The summed E-state index contributed by atoms with van der Waals surface area (Å²) >= 11 is 3.32. The third-order valence-corrected chi connectivity index (χ3v) is 2.84. The summed E-state index contributed by atoms with van der Waals surface area (Å²) in [4.78, 5) is 13.5. The van der Waals surface area contributed by atoms with Crippen LogP contribution in [0.25, 0.3) is 0 Å². The highest BCUT2D eigenvalue weighted by Gasteiger charge is 2.25. The van der Waals surface area contributed by atoms with Crippen LogP contribution in [0.1, 0.15) is 5.56 Å². The first-order valence-corrected chi connectivity index (χ1v) is 6.04. The highest BCUT2D eigenvalue weighted by Crippen LogP contribution is 2.27. The number of rotatable bonds is 3. The SMILES string of the molecule is O=C1Cc2ccccc2N1C/C=C/CBr. The fourth-order valence-electron chi connectivity index (χ4n) is 1.76. The second-order valence-corrected chi connectivity index (χ2v) is 4.08. The van der Waals surface area contributed by atoms with E-state index < -0.39 is 0 Å². The third-order valence-electron chi connectivity index (χ3n) is 2.47. The number of nitrogens with zero attached hydrogens (tertiary/aromatic N) is 1. The molecule has 0 spiro atoms. The van der Waals surface area contributed by atoms with Gasteiger partial charge in [0.05, 0.1) is 6.42 Å². The molecule has 0 fully saturated rings. The van der Waals surface area contributed by atoms with Crippen LogP contribution >= 0.6 is 15.9 Å². The zero-order chi connectivity index (χ0) is 10.7. The molecular formula is C12H12BrNO. The molecule has 2 nitrogen and oxygen atoms in total. The van der Waals surface area contributed by atoms with Crippen molar-refractivity contribution in [3.8, 4) is 0 Å². The lowest BCUT2D eigenvalue weighted by Crippen LogP contribution is -2.26. The number of hydrogen-bond acceptors (Lipinski definition) is 1. The van der Waals surface area contributed by atoms with E-state index in [1.54, 1.807) is 0 Å². The van der Waals surface area contributed by atoms with E-state index in [0.717, 1.165) is 16.6 Å². The van der Waals surface area contributed by atoms with Crippen LogP contribution in [0, 0.1) is 0 Å². The molecule has 1 amide bonds. The molecule has 15 heavy (non-hydrogen) atoms. The van der Waals surface area contributed by atoms with E-state index in [2.05, 4.69) is 15.9 Å². The van der Waals surface area contributed by atoms with Crippen LogP contribution in [-0.4, -0.2) is 17.8 Å². The molecule has 0 aliphatic carbocycles. The van der Waals surface area contributed by atoms with Crippen LogP contribution in [0.15, 0.2) is 36.4 Å². The summed E-state index contributed by atoms with van der Waals surface area (Å²) in [5.41, 5.74) is 2.19. The first-order chi connectivity index (χ1) is 7.33. The van der Waals surface area contributed by atoms with Crippen LogP contribution in [-0.2, 0) is 11.2 Å². The molecule has 1 aliphatic rings. The first-order valence-electron chi connectivity index (χ1n) is 4.92. The van der Waals surface area contributed by atoms with E-state index in [1.165, 1.54) is 0 Å². The monoisotopic (exact) mass is 265 g/mol. The maximum absolute atomic E-state index is 11.7. The molecule has 0 radical (unpaired) electrons. The van der Waals surface area contributed by atoms with Gasteiger partial charge in [0.15, 0.2) is 0 Å². The average Bonchev–Trinajstić information content (AvgIpc) is 2.56. The maximum atomic E-state index is 11.7. The van der Waals surface area contributed by atoms with Crippen molar-refractivity contribution in [3.05, 3.63) is 42.0 Å². The predicted octanol–water partition coefficient (Wildman–Crippen LogP) is 2.53. The Morgan fingerprint density at radius 1 is 1.33 bits per heavy atom. The van der Waals surface area contributed by atoms with Gasteiger partial charge in [0.2, 0.25) is 5.91 Å². The van der Waals surface area contributed by atoms with Gasteiger partial charge in [0.25, 0.3) is 0 Å². The van der Waals surface area contributed by atoms with Gasteiger partial charge < -0.3 is 4.90 Å². The van der Waals surface area contributed by atoms with Crippen molar-refractivity contribution in [2.45, 2.75) is 6.42 Å². The lowest BCUT2D eigenvalue weighted by atomic mass is 10.2. The summed E-state index contributed by atoms with van der Waals surface area (Å²) in [6.07, 6.45) is 4.56. The summed E-state index contributed by atoms with van der Waals surface area (Å²) in [6, 6.07) is 7.96. The Balaban J connectivity index is 2.18. The fourth-order valence-corrected chi connectivity index (χ4v) is 2.02. The van der Waals surface area contributed by atoms with Crippen LogP contribution in [0.4, 0.5) is 5.69 Å². The van der Waals surface area contributed by atoms with Crippen molar-refractivity contribution in [2.75, 3.05) is 16.8 Å². The Morgan fingerprint density at radius 2 is 2.13 bits per heavy atom. The molecule has 78 valence electrons. The van der Waals surface area contributed by atoms with Gasteiger partial charge >= 0.3 is 0 Å². The van der Waals surface area contributed by atoms with E-state index in [9.17, 15) is 4.79 Å². The Kier molecular flexibility index (Phi) is 3.21. The number of allylic oxidation sites excluding steroid dienone is 1. The molecule has 1 heterocycles. The molecule has 0 atom stereocenters. The number of halogens is 1. The van der Waals surface area contributed by atoms with Gasteiger partial charge in [0, 0.05) is 17.6 Å². The zero-order valence-electron chi connectivity index (χ0n) is 8.32. The minimum absolute atomic E-state index is 0.190. The number of fused-ring (bicyclic) bond motifs is 1. The summed E-state index contributed by atoms with van der Waals surface area (Å²) in [7, 11) is 0. The normalized spacial score (nSPS) is 15.0. The van der Waals surface area contributed by atoms with Gasteiger partial charge in [-0.25, -0.2) is 0 Å². The van der Waals surface area contributed by atoms with E-state index in [4.69, 9.17) is 0 Å². The number of carbonyl (C=O) groups excluding carboxylic acids is 1. The first kappa shape index (κ1) is 10.4. The predicted molar refractivity (Wildman–Crippen MR) is 65.4 cm³/mol. The molecule has 0 aromatic heterocycles. The molecular weight excluding hydrogens is 254 g/mol. The molecule has 0 unspecified atom stereocenters. The largest absolute Gasteiger partial charge is 0.308 e. The number of hydrogen-bond donors (Lipinski definition) is 0. The smallest absolute Gasteiger partial charge is 0.231 e. The standard InChI is InChI=1S/C12H12BrNO/c13-7-3-4-8-14-11-6-2-1-5-10(11)9-12(14)15/h1-6H,7-9H2/b4-3+. The van der Waals surface area contributed by atoms with E-state index >= 15 is 0 Å². The molecule has 2 rings (SSSR count). The molecule has 1 aromatic carbocycles. The Labute approximate surface area is 97.7 Å². The fraction of sp³-hybridized carbons (Fsp3) is 0.250. The van der Waals surface area contributed by atoms with Gasteiger partial charge in [0.1, 0.15) is 0 Å². The highest BCUT2D eigenvalue weighted by atomic mass is 79.9. The summed E-state index contributed by atoms with van der Waals surface area (Å²) in [6.45, 7) is 0.668. The Morgan fingerprint density at radius 3 is 2.93 bits per heavy atom. The van der Waals surface area contributed by atoms with Crippen LogP contribution < -0.4 is 4.90 Å². The topological polar surface area (TPSA) is 20.3 Å². The molecule has 1 aliphatic heterocycles. The second-order valence-electron chi connectivity index (χ2n) is 3.44.